The van der Waals surface area contributed by atoms with E-state index in [1.54, 1.807) is 11.0 Å². The molecule has 3 rings (SSSR count). The third-order valence-corrected chi connectivity index (χ3v) is 5.28. The van der Waals surface area contributed by atoms with Crippen molar-refractivity contribution >= 4 is 21.7 Å². The molecule has 1 fully saturated rings. The van der Waals surface area contributed by atoms with E-state index in [4.69, 9.17) is 9.88 Å². The van der Waals surface area contributed by atoms with E-state index in [1.165, 1.54) is 18.2 Å². The molecular weight excluding hydrogens is 366 g/mol. The molecule has 0 spiro atoms. The van der Waals surface area contributed by atoms with Crippen molar-refractivity contribution in [3.8, 4) is 0 Å². The SMILES string of the molecule is NS(=O)(=O)c1cccc(NC(=O)N(Cc2ccccc2)C[C@@H]2CCCO2)c1. The Morgan fingerprint density at radius 1 is 1.19 bits per heavy atom. The molecule has 0 aliphatic carbocycles. The van der Waals surface area contributed by atoms with E-state index in [9.17, 15) is 13.2 Å². The second-order valence-corrected chi connectivity index (χ2v) is 8.07. The molecule has 0 radical (unpaired) electrons. The first-order valence-corrected chi connectivity index (χ1v) is 10.3. The van der Waals surface area contributed by atoms with Crippen LogP contribution in [0.1, 0.15) is 18.4 Å². The van der Waals surface area contributed by atoms with Gasteiger partial charge in [0.1, 0.15) is 0 Å². The normalized spacial score (nSPS) is 16.9. The zero-order valence-electron chi connectivity index (χ0n) is 14.9. The molecule has 144 valence electrons. The van der Waals surface area contributed by atoms with Gasteiger partial charge in [0.15, 0.2) is 0 Å². The molecule has 0 saturated carbocycles. The first kappa shape index (κ1) is 19.3. The summed E-state index contributed by atoms with van der Waals surface area (Å²) in [5.74, 6) is 0. The zero-order valence-corrected chi connectivity index (χ0v) is 15.7. The fraction of sp³-hybridized carbons (Fsp3) is 0.316. The second-order valence-electron chi connectivity index (χ2n) is 6.50. The number of rotatable bonds is 6. The predicted molar refractivity (Wildman–Crippen MR) is 103 cm³/mol. The quantitative estimate of drug-likeness (QED) is 0.793. The molecule has 0 unspecified atom stereocenters. The van der Waals surface area contributed by atoms with Crippen LogP contribution in [0.2, 0.25) is 0 Å². The van der Waals surface area contributed by atoms with E-state index in [0.717, 1.165) is 18.4 Å². The predicted octanol–water partition coefficient (Wildman–Crippen LogP) is 2.55. The van der Waals surface area contributed by atoms with Crippen LogP contribution in [0.3, 0.4) is 0 Å². The van der Waals surface area contributed by atoms with Gasteiger partial charge >= 0.3 is 6.03 Å². The highest BCUT2D eigenvalue weighted by Gasteiger charge is 2.23. The number of sulfonamides is 1. The minimum atomic E-state index is -3.83. The number of amides is 2. The highest BCUT2D eigenvalue weighted by atomic mass is 32.2. The lowest BCUT2D eigenvalue weighted by Crippen LogP contribution is -2.39. The second kappa shape index (κ2) is 8.51. The highest BCUT2D eigenvalue weighted by molar-refractivity contribution is 7.89. The Morgan fingerprint density at radius 2 is 1.96 bits per heavy atom. The van der Waals surface area contributed by atoms with E-state index in [1.807, 2.05) is 30.3 Å². The van der Waals surface area contributed by atoms with Gasteiger partial charge in [-0.25, -0.2) is 18.4 Å². The summed E-state index contributed by atoms with van der Waals surface area (Å²) in [6.45, 7) is 1.61. The molecule has 2 aromatic carbocycles. The van der Waals surface area contributed by atoms with Gasteiger partial charge in [-0.05, 0) is 36.6 Å². The van der Waals surface area contributed by atoms with Gasteiger partial charge in [0.2, 0.25) is 10.0 Å². The van der Waals surface area contributed by atoms with Crippen LogP contribution in [0.4, 0.5) is 10.5 Å². The topological polar surface area (TPSA) is 102 Å². The number of nitrogens with zero attached hydrogens (tertiary/aromatic N) is 1. The lowest BCUT2D eigenvalue weighted by atomic mass is 10.2. The maximum atomic E-state index is 12.8. The number of nitrogens with two attached hydrogens (primary N) is 1. The minimum Gasteiger partial charge on any atom is -0.376 e. The molecule has 7 nitrogen and oxygen atoms in total. The molecule has 0 bridgehead atoms. The number of carbonyl (C=O) groups excluding carboxylic acids is 1. The van der Waals surface area contributed by atoms with Gasteiger partial charge in [-0.3, -0.25) is 0 Å². The number of carbonyl (C=O) groups is 1. The molecule has 1 saturated heterocycles. The van der Waals surface area contributed by atoms with Crippen molar-refractivity contribution in [3.05, 3.63) is 60.2 Å². The molecule has 3 N–H and O–H groups in total. The standard InChI is InChI=1S/C19H23N3O4S/c20-27(24,25)18-10-4-8-16(12-18)21-19(23)22(14-17-9-5-11-26-17)13-15-6-2-1-3-7-15/h1-4,6-8,10,12,17H,5,9,11,13-14H2,(H,21,23)(H2,20,24,25)/t17-/m0/s1. The van der Waals surface area contributed by atoms with Gasteiger partial charge in [0.25, 0.3) is 0 Å². The van der Waals surface area contributed by atoms with Crippen molar-refractivity contribution in [2.24, 2.45) is 5.14 Å². The summed E-state index contributed by atoms with van der Waals surface area (Å²) in [5, 5.41) is 7.92. The number of hydrogen-bond donors (Lipinski definition) is 2. The van der Waals surface area contributed by atoms with E-state index >= 15 is 0 Å². The maximum absolute atomic E-state index is 12.8. The lowest BCUT2D eigenvalue weighted by molar-refractivity contribution is 0.0819. The van der Waals surface area contributed by atoms with E-state index in [2.05, 4.69) is 5.32 Å². The van der Waals surface area contributed by atoms with Gasteiger partial charge in [-0.1, -0.05) is 36.4 Å². The summed E-state index contributed by atoms with van der Waals surface area (Å²) in [6.07, 6.45) is 1.91. The Labute approximate surface area is 159 Å². The van der Waals surface area contributed by atoms with Crippen LogP contribution < -0.4 is 10.5 Å². The minimum absolute atomic E-state index is 0.00946. The van der Waals surface area contributed by atoms with Crippen LogP contribution in [0.5, 0.6) is 0 Å². The Bertz CT molecular complexity index is 881. The Kier molecular flexibility index (Phi) is 6.10. The number of ether oxygens (including phenoxy) is 1. The summed E-state index contributed by atoms with van der Waals surface area (Å²) < 4.78 is 28.7. The largest absolute Gasteiger partial charge is 0.376 e. The molecular formula is C19H23N3O4S. The van der Waals surface area contributed by atoms with Crippen molar-refractivity contribution < 1.29 is 17.9 Å². The number of benzene rings is 2. The van der Waals surface area contributed by atoms with Gasteiger partial charge in [-0.2, -0.15) is 0 Å². The van der Waals surface area contributed by atoms with E-state index in [0.29, 0.717) is 25.4 Å². The number of primary sulfonamides is 1. The van der Waals surface area contributed by atoms with Crippen molar-refractivity contribution in [3.63, 3.8) is 0 Å². The Hall–Kier alpha value is -2.42. The first-order chi connectivity index (χ1) is 12.9. The summed E-state index contributed by atoms with van der Waals surface area (Å²) in [4.78, 5) is 14.5. The van der Waals surface area contributed by atoms with Gasteiger partial charge in [0.05, 0.1) is 11.0 Å². The summed E-state index contributed by atoms with van der Waals surface area (Å²) in [5.41, 5.74) is 1.38. The van der Waals surface area contributed by atoms with Crippen LogP contribution >= 0.6 is 0 Å². The van der Waals surface area contributed by atoms with Crippen molar-refractivity contribution in [2.75, 3.05) is 18.5 Å². The molecule has 27 heavy (non-hydrogen) atoms. The number of nitrogens with one attached hydrogen (secondary N) is 1. The molecule has 8 heteroatoms. The average molecular weight is 389 g/mol. The summed E-state index contributed by atoms with van der Waals surface area (Å²) >= 11 is 0. The molecule has 2 amide bonds. The third kappa shape index (κ3) is 5.53. The lowest BCUT2D eigenvalue weighted by Gasteiger charge is -2.26. The molecule has 1 heterocycles. The number of hydrogen-bond acceptors (Lipinski definition) is 4. The van der Waals surface area contributed by atoms with Crippen LogP contribution in [0, 0.1) is 0 Å². The number of urea groups is 1. The zero-order chi connectivity index (χ0) is 19.3. The Morgan fingerprint density at radius 3 is 2.63 bits per heavy atom. The summed E-state index contributed by atoms with van der Waals surface area (Å²) in [7, 11) is -3.83. The van der Waals surface area contributed by atoms with Crippen LogP contribution in [0.25, 0.3) is 0 Å². The third-order valence-electron chi connectivity index (χ3n) is 4.37. The van der Waals surface area contributed by atoms with Crippen LogP contribution in [0.15, 0.2) is 59.5 Å². The van der Waals surface area contributed by atoms with E-state index < -0.39 is 10.0 Å². The van der Waals surface area contributed by atoms with Crippen LogP contribution in [-0.4, -0.2) is 38.6 Å². The molecule has 2 aromatic rings. The summed E-state index contributed by atoms with van der Waals surface area (Å²) in [6, 6.07) is 15.3. The molecule has 1 atom stereocenters. The maximum Gasteiger partial charge on any atom is 0.322 e. The molecule has 1 aliphatic rings. The average Bonchev–Trinajstić information content (AvgIpc) is 3.15. The fourth-order valence-corrected chi connectivity index (χ4v) is 3.57. The van der Waals surface area contributed by atoms with Crippen molar-refractivity contribution in [2.45, 2.75) is 30.4 Å². The smallest absolute Gasteiger partial charge is 0.322 e. The first-order valence-electron chi connectivity index (χ1n) is 8.76. The van der Waals surface area contributed by atoms with Crippen molar-refractivity contribution in [1.29, 1.82) is 0 Å². The molecule has 1 aliphatic heterocycles. The highest BCUT2D eigenvalue weighted by Crippen LogP contribution is 2.18. The van der Waals surface area contributed by atoms with Gasteiger partial charge in [0, 0.05) is 25.4 Å². The number of anilines is 1. The van der Waals surface area contributed by atoms with Crippen molar-refractivity contribution in [1.82, 2.24) is 4.90 Å². The fourth-order valence-electron chi connectivity index (χ4n) is 3.01. The van der Waals surface area contributed by atoms with Gasteiger partial charge < -0.3 is 15.0 Å². The monoisotopic (exact) mass is 389 g/mol. The Balaban J connectivity index is 1.75. The van der Waals surface area contributed by atoms with Crippen LogP contribution in [-0.2, 0) is 21.3 Å². The van der Waals surface area contributed by atoms with E-state index in [-0.39, 0.29) is 17.0 Å². The van der Waals surface area contributed by atoms with Gasteiger partial charge in [-0.15, -0.1) is 0 Å². The molecule has 0 aromatic heterocycles.